The Morgan fingerprint density at radius 2 is 1.15 bits per heavy atom. The van der Waals surface area contributed by atoms with Crippen molar-refractivity contribution in [1.82, 2.24) is 0 Å². The summed E-state index contributed by atoms with van der Waals surface area (Å²) in [5.41, 5.74) is 6.59. The molecule has 0 amide bonds. The van der Waals surface area contributed by atoms with Gasteiger partial charge in [-0.2, -0.15) is 0 Å². The molecule has 1 aliphatic carbocycles. The van der Waals surface area contributed by atoms with E-state index >= 15 is 0 Å². The molecule has 0 aromatic heterocycles. The third-order valence-electron chi connectivity index (χ3n) is 7.25. The highest BCUT2D eigenvalue weighted by molar-refractivity contribution is 6.54. The summed E-state index contributed by atoms with van der Waals surface area (Å²) in [6, 6.07) is 29.9. The van der Waals surface area contributed by atoms with Crippen molar-refractivity contribution in [2.75, 3.05) is 4.90 Å². The monoisotopic (exact) mass is 449 g/mol. The number of anilines is 2. The van der Waals surface area contributed by atoms with Gasteiger partial charge in [-0.1, -0.05) is 66.7 Å². The van der Waals surface area contributed by atoms with Crippen LogP contribution in [-0.2, 0) is 9.31 Å². The van der Waals surface area contributed by atoms with Crippen molar-refractivity contribution in [2.45, 2.75) is 51.7 Å². The van der Waals surface area contributed by atoms with E-state index in [0.29, 0.717) is 0 Å². The maximum absolute atomic E-state index is 6.29. The molecule has 3 aromatic carbocycles. The number of allylic oxidation sites excluding steroid dienone is 4. The van der Waals surface area contributed by atoms with Crippen molar-refractivity contribution >= 4 is 18.5 Å². The van der Waals surface area contributed by atoms with E-state index < -0.39 is 0 Å². The number of hydrogen-bond donors (Lipinski definition) is 0. The molecule has 0 spiro atoms. The largest absolute Gasteiger partial charge is 0.490 e. The zero-order valence-corrected chi connectivity index (χ0v) is 20.5. The Kier molecular flexibility index (Phi) is 5.97. The Morgan fingerprint density at radius 3 is 1.71 bits per heavy atom. The lowest BCUT2D eigenvalue weighted by Gasteiger charge is -2.32. The predicted molar refractivity (Wildman–Crippen MR) is 142 cm³/mol. The van der Waals surface area contributed by atoms with Gasteiger partial charge >= 0.3 is 7.12 Å². The summed E-state index contributed by atoms with van der Waals surface area (Å²) in [5, 5.41) is 0. The van der Waals surface area contributed by atoms with Gasteiger partial charge in [0.25, 0.3) is 0 Å². The van der Waals surface area contributed by atoms with Crippen LogP contribution in [0.25, 0.3) is 11.1 Å². The lowest BCUT2D eigenvalue weighted by Crippen LogP contribution is -2.41. The first-order chi connectivity index (χ1) is 16.3. The van der Waals surface area contributed by atoms with Gasteiger partial charge in [0.05, 0.1) is 11.2 Å². The first-order valence-electron chi connectivity index (χ1n) is 12.1. The maximum Gasteiger partial charge on any atom is 0.490 e. The molecule has 5 rings (SSSR count). The van der Waals surface area contributed by atoms with E-state index in [1.807, 2.05) is 0 Å². The summed E-state index contributed by atoms with van der Waals surface area (Å²) >= 11 is 0. The van der Waals surface area contributed by atoms with Gasteiger partial charge in [0.15, 0.2) is 0 Å². The van der Waals surface area contributed by atoms with Crippen LogP contribution in [0, 0.1) is 0 Å². The van der Waals surface area contributed by atoms with E-state index in [-0.39, 0.29) is 18.3 Å². The predicted octanol–water partition coefficient (Wildman–Crippen LogP) is 7.73. The molecular weight excluding hydrogens is 417 g/mol. The first kappa shape index (κ1) is 22.7. The van der Waals surface area contributed by atoms with E-state index in [0.717, 1.165) is 24.2 Å². The van der Waals surface area contributed by atoms with Crippen molar-refractivity contribution in [3.05, 3.63) is 108 Å². The molecule has 172 valence electrons. The Bertz CT molecular complexity index is 1180. The standard InChI is InChI=1S/C30H32BNO2/c1-29(2)30(3,4)34-31(33-29)25-17-21-28(22-18-25)32(26-13-9-6-10-14-26)27-19-15-24(16-20-27)23-11-7-5-8-12-23/h5-17,19-21H,18,22H2,1-4H3. The Hall–Kier alpha value is -3.08. The summed E-state index contributed by atoms with van der Waals surface area (Å²) < 4.78 is 12.6. The number of rotatable bonds is 5. The average molecular weight is 449 g/mol. The molecule has 1 fully saturated rings. The number of benzene rings is 3. The van der Waals surface area contributed by atoms with Crippen LogP contribution in [0.1, 0.15) is 40.5 Å². The maximum atomic E-state index is 6.29. The third-order valence-corrected chi connectivity index (χ3v) is 7.25. The van der Waals surface area contributed by atoms with Crippen LogP contribution in [0.5, 0.6) is 0 Å². The summed E-state index contributed by atoms with van der Waals surface area (Å²) in [7, 11) is -0.280. The van der Waals surface area contributed by atoms with Crippen molar-refractivity contribution in [3.63, 3.8) is 0 Å². The normalized spacial score (nSPS) is 18.9. The minimum absolute atomic E-state index is 0.280. The van der Waals surface area contributed by atoms with E-state index in [1.165, 1.54) is 22.3 Å². The highest BCUT2D eigenvalue weighted by Crippen LogP contribution is 2.41. The van der Waals surface area contributed by atoms with Gasteiger partial charge in [0, 0.05) is 17.1 Å². The summed E-state index contributed by atoms with van der Waals surface area (Å²) in [6.45, 7) is 8.42. The minimum Gasteiger partial charge on any atom is -0.400 e. The molecule has 0 N–H and O–H groups in total. The SMILES string of the molecule is CC1(C)OB(C2=CC=C(N(c3ccccc3)c3ccc(-c4ccccc4)cc3)CC2)OC1(C)C. The highest BCUT2D eigenvalue weighted by atomic mass is 16.7. The second kappa shape index (κ2) is 8.94. The Morgan fingerprint density at radius 1 is 0.618 bits per heavy atom. The van der Waals surface area contributed by atoms with Crippen LogP contribution in [0.15, 0.2) is 108 Å². The topological polar surface area (TPSA) is 21.7 Å². The fraction of sp³-hybridized carbons (Fsp3) is 0.267. The van der Waals surface area contributed by atoms with Crippen LogP contribution in [-0.4, -0.2) is 18.3 Å². The summed E-state index contributed by atoms with van der Waals surface area (Å²) in [4.78, 5) is 2.35. The molecule has 3 aromatic rings. The van der Waals surface area contributed by atoms with Gasteiger partial charge in [-0.05, 0) is 87.5 Å². The van der Waals surface area contributed by atoms with E-state index in [1.54, 1.807) is 0 Å². The fourth-order valence-corrected chi connectivity index (χ4v) is 4.51. The minimum atomic E-state index is -0.320. The molecule has 1 heterocycles. The fourth-order valence-electron chi connectivity index (χ4n) is 4.51. The zero-order chi connectivity index (χ0) is 23.8. The molecule has 0 atom stereocenters. The van der Waals surface area contributed by atoms with E-state index in [9.17, 15) is 0 Å². The molecule has 4 heteroatoms. The van der Waals surface area contributed by atoms with Gasteiger partial charge in [0.2, 0.25) is 0 Å². The third kappa shape index (κ3) is 4.36. The molecule has 3 nitrogen and oxygen atoms in total. The number of nitrogens with zero attached hydrogens (tertiary/aromatic N) is 1. The molecule has 34 heavy (non-hydrogen) atoms. The van der Waals surface area contributed by atoms with Crippen LogP contribution in [0.3, 0.4) is 0 Å². The van der Waals surface area contributed by atoms with Crippen molar-refractivity contribution in [3.8, 4) is 11.1 Å². The molecule has 2 aliphatic rings. The van der Waals surface area contributed by atoms with Gasteiger partial charge in [-0.3, -0.25) is 0 Å². The summed E-state index contributed by atoms with van der Waals surface area (Å²) in [5.74, 6) is 0. The second-order valence-corrected chi connectivity index (χ2v) is 10.1. The molecule has 0 bridgehead atoms. The van der Waals surface area contributed by atoms with Gasteiger partial charge in [-0.25, -0.2) is 0 Å². The lowest BCUT2D eigenvalue weighted by atomic mass is 9.73. The lowest BCUT2D eigenvalue weighted by molar-refractivity contribution is 0.00578. The van der Waals surface area contributed by atoms with Gasteiger partial charge < -0.3 is 14.2 Å². The van der Waals surface area contributed by atoms with Crippen molar-refractivity contribution in [2.24, 2.45) is 0 Å². The van der Waals surface area contributed by atoms with E-state index in [2.05, 4.69) is 130 Å². The Labute approximate surface area is 203 Å². The van der Waals surface area contributed by atoms with Crippen LogP contribution < -0.4 is 4.90 Å². The van der Waals surface area contributed by atoms with Gasteiger partial charge in [0.1, 0.15) is 0 Å². The van der Waals surface area contributed by atoms with Crippen LogP contribution >= 0.6 is 0 Å². The second-order valence-electron chi connectivity index (χ2n) is 10.1. The number of para-hydroxylation sites is 1. The molecule has 0 saturated carbocycles. The van der Waals surface area contributed by atoms with Crippen molar-refractivity contribution in [1.29, 1.82) is 0 Å². The highest BCUT2D eigenvalue weighted by Gasteiger charge is 2.52. The first-order valence-corrected chi connectivity index (χ1v) is 12.1. The molecule has 1 aliphatic heterocycles. The quantitative estimate of drug-likeness (QED) is 0.372. The van der Waals surface area contributed by atoms with E-state index in [4.69, 9.17) is 9.31 Å². The van der Waals surface area contributed by atoms with Crippen LogP contribution in [0.4, 0.5) is 11.4 Å². The molecule has 0 radical (unpaired) electrons. The Balaban J connectivity index is 1.45. The summed E-state index contributed by atoms with van der Waals surface area (Å²) in [6.07, 6.45) is 6.25. The number of hydrogen-bond acceptors (Lipinski definition) is 3. The molecule has 0 unspecified atom stereocenters. The van der Waals surface area contributed by atoms with Crippen LogP contribution in [0.2, 0.25) is 0 Å². The van der Waals surface area contributed by atoms with Crippen molar-refractivity contribution < 1.29 is 9.31 Å². The zero-order valence-electron chi connectivity index (χ0n) is 20.5. The van der Waals surface area contributed by atoms with Gasteiger partial charge in [-0.15, -0.1) is 0 Å². The molecule has 1 saturated heterocycles. The average Bonchev–Trinajstić information content (AvgIpc) is 3.08. The molecular formula is C30H32BNO2. The smallest absolute Gasteiger partial charge is 0.400 e.